The molecule has 0 radical (unpaired) electrons. The zero-order valence-corrected chi connectivity index (χ0v) is 13.6. The Balaban J connectivity index is 1.82. The van der Waals surface area contributed by atoms with Crippen LogP contribution in [-0.4, -0.2) is 18.9 Å². The number of ether oxygens (including phenoxy) is 1. The van der Waals surface area contributed by atoms with Gasteiger partial charge in [0.05, 0.1) is 18.4 Å². The van der Waals surface area contributed by atoms with Gasteiger partial charge >= 0.3 is 5.97 Å². The molecule has 3 nitrogen and oxygen atoms in total. The monoisotopic (exact) mass is 330 g/mol. The molecule has 0 saturated carbocycles. The Kier molecular flexibility index (Phi) is 4.36. The van der Waals surface area contributed by atoms with Crippen LogP contribution in [0.5, 0.6) is 0 Å². The minimum Gasteiger partial charge on any atom is -0.469 e. The van der Waals surface area contributed by atoms with Gasteiger partial charge in [0.25, 0.3) is 0 Å². The number of thiophene rings is 2. The molecule has 3 rings (SSSR count). The van der Waals surface area contributed by atoms with E-state index in [1.807, 2.05) is 23.6 Å². The predicted molar refractivity (Wildman–Crippen MR) is 90.7 cm³/mol. The molecule has 0 spiro atoms. The molecule has 2 heterocycles. The van der Waals surface area contributed by atoms with Gasteiger partial charge in [0, 0.05) is 22.1 Å². The summed E-state index contributed by atoms with van der Waals surface area (Å²) in [5.74, 6) is -0.366. The van der Waals surface area contributed by atoms with Gasteiger partial charge in [-0.05, 0) is 28.5 Å². The van der Waals surface area contributed by atoms with E-state index in [0.717, 1.165) is 11.1 Å². The van der Waals surface area contributed by atoms with Crippen molar-refractivity contribution in [3.63, 3.8) is 0 Å². The molecule has 0 atom stereocenters. The first-order valence-corrected chi connectivity index (χ1v) is 8.60. The summed E-state index contributed by atoms with van der Waals surface area (Å²) in [6, 6.07) is 10.2. The molecule has 0 saturated heterocycles. The van der Waals surface area contributed by atoms with Crippen molar-refractivity contribution < 1.29 is 14.3 Å². The Labute approximate surface area is 136 Å². The van der Waals surface area contributed by atoms with Gasteiger partial charge in [-0.15, -0.1) is 22.7 Å². The van der Waals surface area contributed by atoms with Gasteiger partial charge in [-0.1, -0.05) is 18.2 Å². The van der Waals surface area contributed by atoms with E-state index >= 15 is 0 Å². The number of carbonyl (C=O) groups excluding carboxylic acids is 2. The average Bonchev–Trinajstić information content (AvgIpc) is 3.18. The molecule has 0 aliphatic carbocycles. The molecule has 22 heavy (non-hydrogen) atoms. The van der Waals surface area contributed by atoms with Crippen LogP contribution < -0.4 is 0 Å². The summed E-state index contributed by atoms with van der Waals surface area (Å²) in [6.07, 6.45) is 0.320. The molecular formula is C17H14O3S2. The van der Waals surface area contributed by atoms with Gasteiger partial charge in [0.15, 0.2) is 5.78 Å². The lowest BCUT2D eigenvalue weighted by Gasteiger charge is -1.97. The van der Waals surface area contributed by atoms with E-state index in [1.54, 1.807) is 11.3 Å². The summed E-state index contributed by atoms with van der Waals surface area (Å²) in [4.78, 5) is 23.9. The van der Waals surface area contributed by atoms with E-state index < -0.39 is 0 Å². The highest BCUT2D eigenvalue weighted by Gasteiger charge is 2.14. The van der Waals surface area contributed by atoms with Crippen LogP contribution in [0.15, 0.2) is 41.1 Å². The first-order valence-electron chi connectivity index (χ1n) is 6.84. The average molecular weight is 330 g/mol. The third-order valence-corrected chi connectivity index (χ3v) is 5.38. The highest BCUT2D eigenvalue weighted by Crippen LogP contribution is 2.36. The van der Waals surface area contributed by atoms with Crippen molar-refractivity contribution in [2.45, 2.75) is 12.8 Å². The normalized spacial score (nSPS) is 10.8. The maximum absolute atomic E-state index is 12.1. The largest absolute Gasteiger partial charge is 0.469 e. The summed E-state index contributed by atoms with van der Waals surface area (Å²) in [7, 11) is 1.33. The Morgan fingerprint density at radius 3 is 2.73 bits per heavy atom. The van der Waals surface area contributed by atoms with Gasteiger partial charge < -0.3 is 4.74 Å². The summed E-state index contributed by atoms with van der Waals surface area (Å²) < 4.78 is 5.80. The molecule has 0 aliphatic rings. The standard InChI is InChI=1S/C17H14O3S2/c1-20-17(19)7-6-14(18)16-8-11(9-21-16)13-10-22-15-5-3-2-4-12(13)15/h2-5,8-10H,6-7H2,1H3. The first kappa shape index (κ1) is 14.9. The topological polar surface area (TPSA) is 43.4 Å². The van der Waals surface area contributed by atoms with Crippen LogP contribution in [0.3, 0.4) is 0 Å². The van der Waals surface area contributed by atoms with Crippen molar-refractivity contribution in [1.29, 1.82) is 0 Å². The number of ketones is 1. The maximum Gasteiger partial charge on any atom is 0.305 e. The number of methoxy groups -OCH3 is 1. The fourth-order valence-corrected chi connectivity index (χ4v) is 4.11. The van der Waals surface area contributed by atoms with Gasteiger partial charge in [-0.25, -0.2) is 0 Å². The summed E-state index contributed by atoms with van der Waals surface area (Å²) in [5.41, 5.74) is 2.22. The van der Waals surface area contributed by atoms with Crippen molar-refractivity contribution in [3.05, 3.63) is 46.0 Å². The molecule has 0 amide bonds. The molecule has 0 N–H and O–H groups in total. The minimum absolute atomic E-state index is 0.0128. The minimum atomic E-state index is -0.353. The number of hydrogen-bond acceptors (Lipinski definition) is 5. The van der Waals surface area contributed by atoms with Crippen molar-refractivity contribution in [2.75, 3.05) is 7.11 Å². The molecule has 3 aromatic rings. The third-order valence-electron chi connectivity index (χ3n) is 3.45. The second-order valence-electron chi connectivity index (χ2n) is 4.84. The maximum atomic E-state index is 12.1. The second kappa shape index (κ2) is 6.42. The predicted octanol–water partition coefficient (Wildman–Crippen LogP) is 4.77. The summed E-state index contributed by atoms with van der Waals surface area (Å²) in [5, 5.41) is 5.33. The number of benzene rings is 1. The molecule has 1 aromatic carbocycles. The van der Waals surface area contributed by atoms with Crippen LogP contribution in [0, 0.1) is 0 Å². The van der Waals surface area contributed by atoms with Gasteiger partial charge in [-0.2, -0.15) is 0 Å². The Morgan fingerprint density at radius 1 is 1.09 bits per heavy atom. The van der Waals surface area contributed by atoms with E-state index in [4.69, 9.17) is 0 Å². The van der Waals surface area contributed by atoms with Crippen molar-refractivity contribution in [1.82, 2.24) is 0 Å². The highest BCUT2D eigenvalue weighted by molar-refractivity contribution is 7.18. The van der Waals surface area contributed by atoms with Crippen LogP contribution >= 0.6 is 22.7 Å². The van der Waals surface area contributed by atoms with Gasteiger partial charge in [0.2, 0.25) is 0 Å². The molecule has 112 valence electrons. The van der Waals surface area contributed by atoms with E-state index in [9.17, 15) is 9.59 Å². The van der Waals surface area contributed by atoms with Gasteiger partial charge in [0.1, 0.15) is 0 Å². The zero-order valence-electron chi connectivity index (χ0n) is 12.0. The molecule has 5 heteroatoms. The second-order valence-corrected chi connectivity index (χ2v) is 6.67. The lowest BCUT2D eigenvalue weighted by molar-refractivity contribution is -0.140. The number of rotatable bonds is 5. The van der Waals surface area contributed by atoms with E-state index in [1.165, 1.54) is 28.5 Å². The molecule has 0 unspecified atom stereocenters. The number of fused-ring (bicyclic) bond motifs is 1. The Hall–Kier alpha value is -1.98. The van der Waals surface area contributed by atoms with Crippen LogP contribution in [0.1, 0.15) is 22.5 Å². The lowest BCUT2D eigenvalue weighted by atomic mass is 10.1. The Bertz CT molecular complexity index is 829. The van der Waals surface area contributed by atoms with Crippen molar-refractivity contribution >= 4 is 44.5 Å². The number of esters is 1. The van der Waals surface area contributed by atoms with E-state index in [0.29, 0.717) is 4.88 Å². The quantitative estimate of drug-likeness (QED) is 0.500. The highest BCUT2D eigenvalue weighted by atomic mass is 32.1. The smallest absolute Gasteiger partial charge is 0.305 e. The summed E-state index contributed by atoms with van der Waals surface area (Å²) >= 11 is 3.13. The third kappa shape index (κ3) is 2.96. The molecule has 0 aliphatic heterocycles. The zero-order chi connectivity index (χ0) is 15.5. The molecule has 0 fully saturated rings. The first-order chi connectivity index (χ1) is 10.7. The lowest BCUT2D eigenvalue weighted by Crippen LogP contribution is -2.04. The van der Waals surface area contributed by atoms with Crippen LogP contribution in [0.4, 0.5) is 0 Å². The van der Waals surface area contributed by atoms with Crippen molar-refractivity contribution in [2.24, 2.45) is 0 Å². The van der Waals surface area contributed by atoms with Crippen molar-refractivity contribution in [3.8, 4) is 11.1 Å². The SMILES string of the molecule is COC(=O)CCC(=O)c1cc(-c2csc3ccccc23)cs1. The molecular weight excluding hydrogens is 316 g/mol. The van der Waals surface area contributed by atoms with Crippen LogP contribution in [-0.2, 0) is 9.53 Å². The summed E-state index contributed by atoms with van der Waals surface area (Å²) in [6.45, 7) is 0. The van der Waals surface area contributed by atoms with E-state index in [-0.39, 0.29) is 24.6 Å². The fourth-order valence-electron chi connectivity index (χ4n) is 2.27. The van der Waals surface area contributed by atoms with Crippen LogP contribution in [0.2, 0.25) is 0 Å². The number of carbonyl (C=O) groups is 2. The van der Waals surface area contributed by atoms with Gasteiger partial charge in [-0.3, -0.25) is 9.59 Å². The number of hydrogen-bond donors (Lipinski definition) is 0. The Morgan fingerprint density at radius 2 is 1.91 bits per heavy atom. The molecule has 0 bridgehead atoms. The molecule has 2 aromatic heterocycles. The van der Waals surface area contributed by atoms with Crippen LogP contribution in [0.25, 0.3) is 21.2 Å². The fraction of sp³-hybridized carbons (Fsp3) is 0.176. The number of Topliss-reactive ketones (excluding diaryl/α,β-unsaturated/α-hetero) is 1. The van der Waals surface area contributed by atoms with E-state index in [2.05, 4.69) is 22.2 Å².